The molecule has 0 bridgehead atoms. The van der Waals surface area contributed by atoms with Gasteiger partial charge in [-0.25, -0.2) is 16.8 Å². The summed E-state index contributed by atoms with van der Waals surface area (Å²) < 4.78 is 63.4. The maximum absolute atomic E-state index is 12.7. The van der Waals surface area contributed by atoms with Gasteiger partial charge in [0.05, 0.1) is 36.6 Å². The Hall–Kier alpha value is -2.38. The Kier molecular flexibility index (Phi) is 9.23. The fourth-order valence-electron chi connectivity index (χ4n) is 3.66. The number of amides is 1. The number of nitrogens with zero attached hydrogens (tertiary/aromatic N) is 2. The highest BCUT2D eigenvalue weighted by Gasteiger charge is 2.29. The molecule has 1 heterocycles. The number of hydrogen-bond donors (Lipinski definition) is 1. The molecule has 1 amide bonds. The normalized spacial score (nSPS) is 15.8. The first-order valence-corrected chi connectivity index (χ1v) is 14.9. The number of anilines is 1. The predicted octanol–water partition coefficient (Wildman–Crippen LogP) is 2.02. The molecule has 1 aliphatic heterocycles. The second kappa shape index (κ2) is 11.8. The average molecular weight is 560 g/mol. The van der Waals surface area contributed by atoms with Gasteiger partial charge in [-0.1, -0.05) is 17.7 Å². The van der Waals surface area contributed by atoms with E-state index in [0.29, 0.717) is 42.8 Å². The Morgan fingerprint density at radius 2 is 1.78 bits per heavy atom. The molecule has 0 radical (unpaired) electrons. The number of halogens is 1. The molecule has 0 spiro atoms. The van der Waals surface area contributed by atoms with Crippen LogP contribution in [0.2, 0.25) is 5.02 Å². The van der Waals surface area contributed by atoms with E-state index in [1.807, 2.05) is 0 Å². The van der Waals surface area contributed by atoms with Gasteiger partial charge in [0.15, 0.2) is 0 Å². The molecule has 13 heteroatoms. The Labute approximate surface area is 217 Å². The van der Waals surface area contributed by atoms with Gasteiger partial charge in [-0.2, -0.15) is 4.31 Å². The van der Waals surface area contributed by atoms with Crippen LogP contribution in [0.3, 0.4) is 0 Å². The van der Waals surface area contributed by atoms with Crippen molar-refractivity contribution < 1.29 is 31.1 Å². The molecule has 1 aliphatic rings. The van der Waals surface area contributed by atoms with E-state index in [4.69, 9.17) is 21.1 Å². The molecule has 3 rings (SSSR count). The van der Waals surface area contributed by atoms with Crippen molar-refractivity contribution >= 4 is 43.2 Å². The molecule has 1 atom stereocenters. The Morgan fingerprint density at radius 3 is 2.36 bits per heavy atom. The second-order valence-corrected chi connectivity index (χ2v) is 12.5. The van der Waals surface area contributed by atoms with Crippen molar-refractivity contribution in [3.8, 4) is 5.75 Å². The van der Waals surface area contributed by atoms with Crippen LogP contribution in [0.25, 0.3) is 0 Å². The number of nitrogens with one attached hydrogen (secondary N) is 1. The molecule has 198 valence electrons. The summed E-state index contributed by atoms with van der Waals surface area (Å²) in [5, 5.41) is 3.06. The van der Waals surface area contributed by atoms with Crippen LogP contribution in [0.4, 0.5) is 5.69 Å². The minimum Gasteiger partial charge on any atom is -0.492 e. The van der Waals surface area contributed by atoms with Crippen molar-refractivity contribution in [1.29, 1.82) is 0 Å². The van der Waals surface area contributed by atoms with Crippen LogP contribution in [-0.2, 0) is 29.6 Å². The molecule has 0 aliphatic carbocycles. The molecular formula is C23H30ClN3O7S2. The first-order valence-electron chi connectivity index (χ1n) is 11.3. The fourth-order valence-corrected chi connectivity index (χ4v) is 6.41. The summed E-state index contributed by atoms with van der Waals surface area (Å²) in [7, 11) is -7.36. The molecule has 2 aromatic rings. The van der Waals surface area contributed by atoms with E-state index in [9.17, 15) is 21.6 Å². The van der Waals surface area contributed by atoms with E-state index in [2.05, 4.69) is 5.32 Å². The smallest absolute Gasteiger partial charge is 0.243 e. The topological polar surface area (TPSA) is 122 Å². The molecule has 0 saturated carbocycles. The molecule has 1 saturated heterocycles. The monoisotopic (exact) mass is 559 g/mol. The largest absolute Gasteiger partial charge is 0.492 e. The quantitative estimate of drug-likeness (QED) is 0.442. The highest BCUT2D eigenvalue weighted by molar-refractivity contribution is 7.92. The van der Waals surface area contributed by atoms with Gasteiger partial charge in [0.2, 0.25) is 26.0 Å². The van der Waals surface area contributed by atoms with Crippen LogP contribution in [0.1, 0.15) is 12.5 Å². The summed E-state index contributed by atoms with van der Waals surface area (Å²) in [5.74, 6) is -0.0713. The maximum Gasteiger partial charge on any atom is 0.243 e. The van der Waals surface area contributed by atoms with Crippen molar-refractivity contribution in [3.63, 3.8) is 0 Å². The third kappa shape index (κ3) is 6.88. The molecule has 2 aromatic carbocycles. The zero-order valence-electron chi connectivity index (χ0n) is 20.3. The molecule has 1 fully saturated rings. The average Bonchev–Trinajstić information content (AvgIpc) is 2.84. The summed E-state index contributed by atoms with van der Waals surface area (Å²) in [5.41, 5.74) is 1.08. The molecule has 0 aromatic heterocycles. The van der Waals surface area contributed by atoms with Gasteiger partial charge in [-0.15, -0.1) is 0 Å². The summed E-state index contributed by atoms with van der Waals surface area (Å²) >= 11 is 6.15. The number of morpholine rings is 1. The number of sulfonamides is 2. The van der Waals surface area contributed by atoms with Gasteiger partial charge in [-0.3, -0.25) is 9.10 Å². The maximum atomic E-state index is 12.7. The Morgan fingerprint density at radius 1 is 1.14 bits per heavy atom. The van der Waals surface area contributed by atoms with Crippen LogP contribution in [0, 0.1) is 6.92 Å². The van der Waals surface area contributed by atoms with Gasteiger partial charge in [-0.05, 0) is 55.8 Å². The first kappa shape index (κ1) is 28.2. The summed E-state index contributed by atoms with van der Waals surface area (Å²) in [6.45, 7) is 4.85. The van der Waals surface area contributed by atoms with E-state index in [1.54, 1.807) is 31.2 Å². The summed E-state index contributed by atoms with van der Waals surface area (Å²) in [4.78, 5) is 12.8. The number of rotatable bonds is 10. The number of ether oxygens (including phenoxy) is 2. The minimum atomic E-state index is -3.77. The zero-order valence-corrected chi connectivity index (χ0v) is 22.7. The van der Waals surface area contributed by atoms with Gasteiger partial charge < -0.3 is 14.8 Å². The van der Waals surface area contributed by atoms with Crippen molar-refractivity contribution in [2.24, 2.45) is 0 Å². The summed E-state index contributed by atoms with van der Waals surface area (Å²) in [6.07, 6.45) is 1.02. The van der Waals surface area contributed by atoms with E-state index < -0.39 is 32.0 Å². The summed E-state index contributed by atoms with van der Waals surface area (Å²) in [6, 6.07) is 9.80. The lowest BCUT2D eigenvalue weighted by molar-refractivity contribution is -0.121. The third-order valence-electron chi connectivity index (χ3n) is 5.60. The zero-order chi connectivity index (χ0) is 26.5. The van der Waals surface area contributed by atoms with Gasteiger partial charge in [0.25, 0.3) is 0 Å². The third-order valence-corrected chi connectivity index (χ3v) is 9.16. The number of carbonyl (C=O) groups is 1. The highest BCUT2D eigenvalue weighted by Crippen LogP contribution is 2.26. The van der Waals surface area contributed by atoms with Crippen molar-refractivity contribution in [2.75, 3.05) is 50.0 Å². The van der Waals surface area contributed by atoms with Crippen LogP contribution < -0.4 is 14.4 Å². The van der Waals surface area contributed by atoms with Crippen LogP contribution in [0.15, 0.2) is 47.4 Å². The number of carbonyl (C=O) groups excluding carboxylic acids is 1. The van der Waals surface area contributed by atoms with Gasteiger partial charge in [0.1, 0.15) is 18.4 Å². The van der Waals surface area contributed by atoms with Crippen LogP contribution >= 0.6 is 11.6 Å². The van der Waals surface area contributed by atoms with Crippen LogP contribution in [-0.4, -0.2) is 78.8 Å². The lowest BCUT2D eigenvalue weighted by atomic mass is 10.2. The number of aryl methyl sites for hydroxylation is 1. The molecule has 0 unspecified atom stereocenters. The molecular weight excluding hydrogens is 530 g/mol. The van der Waals surface area contributed by atoms with E-state index in [0.717, 1.165) is 16.1 Å². The number of benzene rings is 2. The van der Waals surface area contributed by atoms with Crippen LogP contribution in [0.5, 0.6) is 5.75 Å². The van der Waals surface area contributed by atoms with E-state index in [1.165, 1.54) is 29.4 Å². The minimum absolute atomic E-state index is 0.100. The van der Waals surface area contributed by atoms with E-state index >= 15 is 0 Å². The Balaban J connectivity index is 1.55. The molecule has 1 N–H and O–H groups in total. The molecule has 10 nitrogen and oxygen atoms in total. The lowest BCUT2D eigenvalue weighted by Gasteiger charge is -2.28. The van der Waals surface area contributed by atoms with Crippen molar-refractivity contribution in [1.82, 2.24) is 9.62 Å². The SMILES string of the molecule is Cc1ccc(N([C@@H](C)C(=O)NCCOc2ccc(S(=O)(=O)N3CCOCC3)cc2)S(C)(=O)=O)cc1Cl. The van der Waals surface area contributed by atoms with E-state index in [-0.39, 0.29) is 18.0 Å². The lowest BCUT2D eigenvalue weighted by Crippen LogP contribution is -2.48. The first-order chi connectivity index (χ1) is 16.9. The van der Waals surface area contributed by atoms with Gasteiger partial charge in [0, 0.05) is 18.1 Å². The van der Waals surface area contributed by atoms with Crippen molar-refractivity contribution in [2.45, 2.75) is 24.8 Å². The molecule has 36 heavy (non-hydrogen) atoms. The highest BCUT2D eigenvalue weighted by atomic mass is 35.5. The second-order valence-electron chi connectivity index (χ2n) is 8.30. The Bertz CT molecular complexity index is 1280. The van der Waals surface area contributed by atoms with Gasteiger partial charge >= 0.3 is 0 Å². The predicted molar refractivity (Wildman–Crippen MR) is 137 cm³/mol. The fraction of sp³-hybridized carbons (Fsp3) is 0.435. The van der Waals surface area contributed by atoms with Crippen molar-refractivity contribution in [3.05, 3.63) is 53.1 Å². The standard InChI is InChI=1S/C23H30ClN3O7S2/c1-17-4-5-19(16-22(17)24)27(35(3,29)30)18(2)23(28)25-10-13-34-20-6-8-21(9-7-20)36(31,32)26-11-14-33-15-12-26/h4-9,16,18H,10-15H2,1-3H3,(H,25,28)/t18-/m0/s1. The number of hydrogen-bond acceptors (Lipinski definition) is 7.